The fourth-order valence-electron chi connectivity index (χ4n) is 3.08. The summed E-state index contributed by atoms with van der Waals surface area (Å²) in [6.07, 6.45) is 2.05. The second kappa shape index (κ2) is 3.01. The van der Waals surface area contributed by atoms with Gasteiger partial charge in [0.15, 0.2) is 0 Å². The van der Waals surface area contributed by atoms with E-state index in [9.17, 15) is 0 Å². The maximum Gasteiger partial charge on any atom is 0.122 e. The maximum atomic E-state index is 4.34. The lowest BCUT2D eigenvalue weighted by molar-refractivity contribution is 0.867. The predicted octanol–water partition coefficient (Wildman–Crippen LogP) is 3.63. The lowest BCUT2D eigenvalue weighted by Crippen LogP contribution is -1.88. The van der Waals surface area contributed by atoms with E-state index in [1.54, 1.807) is 0 Å². The van der Waals surface area contributed by atoms with Gasteiger partial charge >= 0.3 is 0 Å². The number of benzene rings is 2. The van der Waals surface area contributed by atoms with E-state index >= 15 is 0 Å². The third-order valence-corrected chi connectivity index (χ3v) is 3.87. The lowest BCUT2D eigenvalue weighted by Gasteiger charge is -2.01. The number of nitrogens with zero attached hydrogens (tertiary/aromatic N) is 3. The van der Waals surface area contributed by atoms with Crippen LogP contribution in [0.3, 0.4) is 0 Å². The Labute approximate surface area is 108 Å². The van der Waals surface area contributed by atoms with Gasteiger partial charge < -0.3 is 0 Å². The predicted molar refractivity (Wildman–Crippen MR) is 76.7 cm³/mol. The molecular formula is C16H9N3. The van der Waals surface area contributed by atoms with Crippen molar-refractivity contribution in [1.82, 2.24) is 14.8 Å². The summed E-state index contributed by atoms with van der Waals surface area (Å²) >= 11 is 0. The lowest BCUT2D eigenvalue weighted by atomic mass is 10.1. The summed E-state index contributed by atoms with van der Waals surface area (Å²) in [5, 5.41) is 14.8. The monoisotopic (exact) mass is 243 g/mol. The van der Waals surface area contributed by atoms with Gasteiger partial charge in [-0.2, -0.15) is 0 Å². The molecule has 2 aromatic heterocycles. The summed E-state index contributed by atoms with van der Waals surface area (Å²) in [5.74, 6) is 0. The van der Waals surface area contributed by atoms with Crippen molar-refractivity contribution in [2.24, 2.45) is 0 Å². The molecule has 0 bridgehead atoms. The first kappa shape index (κ1) is 9.28. The molecule has 0 atom stereocenters. The molecule has 0 fully saturated rings. The number of hydrogen-bond donors (Lipinski definition) is 0. The second-order valence-corrected chi connectivity index (χ2v) is 4.87. The fourth-order valence-corrected chi connectivity index (χ4v) is 3.08. The molecule has 0 saturated carbocycles. The highest BCUT2D eigenvalue weighted by Gasteiger charge is 2.16. The smallest absolute Gasteiger partial charge is 0.122 e. The highest BCUT2D eigenvalue weighted by atomic mass is 15.4. The third-order valence-electron chi connectivity index (χ3n) is 3.87. The maximum absolute atomic E-state index is 4.34. The molecule has 0 aliphatic carbocycles. The van der Waals surface area contributed by atoms with Gasteiger partial charge in [-0.05, 0) is 10.8 Å². The van der Waals surface area contributed by atoms with Crippen molar-refractivity contribution < 1.29 is 0 Å². The van der Waals surface area contributed by atoms with Crippen LogP contribution in [-0.2, 0) is 0 Å². The van der Waals surface area contributed by atoms with E-state index in [4.69, 9.17) is 0 Å². The zero-order valence-corrected chi connectivity index (χ0v) is 10.0. The summed E-state index contributed by atoms with van der Waals surface area (Å²) in [6.45, 7) is 0. The van der Waals surface area contributed by atoms with Crippen LogP contribution in [0.5, 0.6) is 0 Å². The van der Waals surface area contributed by atoms with Gasteiger partial charge in [0.1, 0.15) is 11.0 Å². The van der Waals surface area contributed by atoms with E-state index in [1.165, 1.54) is 26.9 Å². The molecule has 2 heterocycles. The molecule has 0 aliphatic rings. The number of pyridine rings is 1. The van der Waals surface area contributed by atoms with E-state index in [1.807, 2.05) is 4.52 Å². The van der Waals surface area contributed by atoms with E-state index in [2.05, 4.69) is 65.0 Å². The van der Waals surface area contributed by atoms with Crippen molar-refractivity contribution in [3.05, 3.63) is 54.7 Å². The molecule has 3 heteroatoms. The Hall–Kier alpha value is -2.68. The first-order chi connectivity index (χ1) is 9.43. The molecule has 0 N–H and O–H groups in total. The molecule has 0 spiro atoms. The van der Waals surface area contributed by atoms with Gasteiger partial charge in [0, 0.05) is 22.4 Å². The summed E-state index contributed by atoms with van der Waals surface area (Å²) in [6, 6.07) is 16.8. The summed E-state index contributed by atoms with van der Waals surface area (Å²) < 4.78 is 1.90. The number of fused-ring (bicyclic) bond motifs is 5. The highest BCUT2D eigenvalue weighted by molar-refractivity contribution is 6.29. The minimum absolute atomic E-state index is 0.997. The van der Waals surface area contributed by atoms with Gasteiger partial charge in [0.25, 0.3) is 0 Å². The van der Waals surface area contributed by atoms with Crippen LogP contribution in [-0.4, -0.2) is 14.8 Å². The molecule has 19 heavy (non-hydrogen) atoms. The Morgan fingerprint density at radius 3 is 2.42 bits per heavy atom. The minimum atomic E-state index is 0.997. The van der Waals surface area contributed by atoms with Crippen molar-refractivity contribution in [2.45, 2.75) is 0 Å². The van der Waals surface area contributed by atoms with Gasteiger partial charge in [-0.3, -0.25) is 0 Å². The molecule has 0 radical (unpaired) electrons. The zero-order valence-electron chi connectivity index (χ0n) is 10.0. The molecule has 5 aromatic rings. The van der Waals surface area contributed by atoms with Crippen LogP contribution in [0.2, 0.25) is 0 Å². The van der Waals surface area contributed by atoms with Gasteiger partial charge in [-0.15, -0.1) is 5.10 Å². The Morgan fingerprint density at radius 1 is 0.789 bits per heavy atom. The second-order valence-electron chi connectivity index (χ2n) is 4.87. The zero-order chi connectivity index (χ0) is 12.4. The van der Waals surface area contributed by atoms with Crippen molar-refractivity contribution >= 4 is 38.0 Å². The molecule has 0 aliphatic heterocycles. The Balaban J connectivity index is 2.30. The fraction of sp³-hybridized carbons (Fsp3) is 0. The molecule has 0 unspecified atom stereocenters. The van der Waals surface area contributed by atoms with Crippen molar-refractivity contribution in [2.75, 3.05) is 0 Å². The average Bonchev–Trinajstić information content (AvgIpc) is 3.02. The Kier molecular flexibility index (Phi) is 1.47. The quantitative estimate of drug-likeness (QED) is 0.416. The first-order valence-corrected chi connectivity index (χ1v) is 6.30. The summed E-state index contributed by atoms with van der Waals surface area (Å²) in [4.78, 5) is 0. The SMILES string of the molecule is c1ccc2c(c1)cn1nnc3c4ccccc4c2c31. The van der Waals surface area contributed by atoms with Crippen LogP contribution >= 0.6 is 0 Å². The van der Waals surface area contributed by atoms with Crippen LogP contribution in [0, 0.1) is 0 Å². The van der Waals surface area contributed by atoms with Gasteiger partial charge in [-0.1, -0.05) is 53.7 Å². The largest absolute Gasteiger partial charge is 0.219 e. The molecule has 3 nitrogen and oxygen atoms in total. The molecule has 0 amide bonds. The Bertz CT molecular complexity index is 1040. The molecule has 0 saturated heterocycles. The number of hydrogen-bond acceptors (Lipinski definition) is 2. The van der Waals surface area contributed by atoms with E-state index < -0.39 is 0 Å². The molecule has 5 rings (SSSR count). The average molecular weight is 243 g/mol. The first-order valence-electron chi connectivity index (χ1n) is 6.30. The third kappa shape index (κ3) is 0.993. The number of rotatable bonds is 0. The van der Waals surface area contributed by atoms with E-state index in [-0.39, 0.29) is 0 Å². The van der Waals surface area contributed by atoms with Crippen LogP contribution < -0.4 is 0 Å². The molecule has 3 aromatic carbocycles. The number of aromatic nitrogens is 3. The van der Waals surface area contributed by atoms with E-state index in [0.29, 0.717) is 0 Å². The Morgan fingerprint density at radius 2 is 1.53 bits per heavy atom. The molecule has 88 valence electrons. The van der Waals surface area contributed by atoms with Crippen LogP contribution in [0.15, 0.2) is 54.7 Å². The highest BCUT2D eigenvalue weighted by Crippen LogP contribution is 2.37. The summed E-state index contributed by atoms with van der Waals surface area (Å²) in [7, 11) is 0. The standard InChI is InChI=1S/C16H9N3/c1-2-6-11-10(5-1)9-19-16-14(11)12-7-3-4-8-13(12)15(16)17-18-19/h1-9H. The van der Waals surface area contributed by atoms with Gasteiger partial charge in [0.05, 0.1) is 0 Å². The summed E-state index contributed by atoms with van der Waals surface area (Å²) in [5.41, 5.74) is 2.12. The van der Waals surface area contributed by atoms with Crippen LogP contribution in [0.4, 0.5) is 0 Å². The minimum Gasteiger partial charge on any atom is -0.219 e. The van der Waals surface area contributed by atoms with Crippen molar-refractivity contribution in [3.8, 4) is 0 Å². The van der Waals surface area contributed by atoms with Crippen molar-refractivity contribution in [3.63, 3.8) is 0 Å². The topological polar surface area (TPSA) is 30.2 Å². The van der Waals surface area contributed by atoms with Crippen LogP contribution in [0.1, 0.15) is 0 Å². The van der Waals surface area contributed by atoms with Crippen LogP contribution in [0.25, 0.3) is 38.0 Å². The molecular weight excluding hydrogens is 234 g/mol. The normalized spacial score (nSPS) is 12.2. The van der Waals surface area contributed by atoms with Crippen molar-refractivity contribution in [1.29, 1.82) is 0 Å². The van der Waals surface area contributed by atoms with Gasteiger partial charge in [-0.25, -0.2) is 4.52 Å². The van der Waals surface area contributed by atoms with E-state index in [0.717, 1.165) is 11.0 Å². The van der Waals surface area contributed by atoms with Gasteiger partial charge in [0.2, 0.25) is 0 Å².